The average Bonchev–Trinajstić information content (AvgIpc) is 2.83. The van der Waals surface area contributed by atoms with Crippen LogP contribution >= 0.6 is 11.6 Å². The van der Waals surface area contributed by atoms with Crippen LogP contribution in [0.25, 0.3) is 6.08 Å². The van der Waals surface area contributed by atoms with Crippen molar-refractivity contribution in [3.8, 4) is 11.8 Å². The van der Waals surface area contributed by atoms with Gasteiger partial charge in [-0.3, -0.25) is 9.59 Å². The first-order chi connectivity index (χ1) is 16.2. The molecular formula is C25H26ClN3O5. The Hall–Kier alpha value is -3.83. The van der Waals surface area contributed by atoms with E-state index in [1.54, 1.807) is 62.6 Å². The number of methoxy groups -OCH3 is 1. The lowest BCUT2D eigenvalue weighted by Crippen LogP contribution is -2.41. The fourth-order valence-electron chi connectivity index (χ4n) is 2.90. The molecule has 0 fully saturated rings. The van der Waals surface area contributed by atoms with Crippen molar-refractivity contribution in [3.63, 3.8) is 0 Å². The van der Waals surface area contributed by atoms with Gasteiger partial charge in [-0.15, -0.1) is 0 Å². The van der Waals surface area contributed by atoms with E-state index in [2.05, 4.69) is 5.32 Å². The maximum atomic E-state index is 12.7. The number of rotatable bonds is 10. The Kier molecular flexibility index (Phi) is 10.1. The van der Waals surface area contributed by atoms with Crippen molar-refractivity contribution in [1.29, 1.82) is 5.26 Å². The van der Waals surface area contributed by atoms with Crippen molar-refractivity contribution in [1.82, 2.24) is 5.32 Å². The molecule has 1 atom stereocenters. The Labute approximate surface area is 203 Å². The van der Waals surface area contributed by atoms with Crippen LogP contribution < -0.4 is 15.0 Å². The Bertz CT molecular complexity index is 1090. The normalized spacial score (nSPS) is 11.4. The number of benzene rings is 2. The third kappa shape index (κ3) is 7.94. The Balaban J connectivity index is 1.91. The highest BCUT2D eigenvalue weighted by atomic mass is 35.5. The van der Waals surface area contributed by atoms with Crippen LogP contribution in [0.2, 0.25) is 5.02 Å². The number of esters is 1. The van der Waals surface area contributed by atoms with E-state index in [1.165, 1.54) is 17.9 Å². The maximum Gasteiger partial charge on any atom is 0.328 e. The van der Waals surface area contributed by atoms with Crippen LogP contribution in [-0.2, 0) is 19.1 Å². The SMILES string of the molecule is COc1ccc(/C=C/C(=O)N[C@@H](C)C(=O)OCC(=O)N(CCC#N)c2ccc(Cl)c(C)c2)cc1. The third-order valence-corrected chi connectivity index (χ3v) is 5.22. The molecule has 0 spiro atoms. The van der Waals surface area contributed by atoms with Gasteiger partial charge in [-0.1, -0.05) is 23.7 Å². The lowest BCUT2D eigenvalue weighted by Gasteiger charge is -2.22. The molecule has 34 heavy (non-hydrogen) atoms. The molecule has 0 saturated carbocycles. The summed E-state index contributed by atoms with van der Waals surface area (Å²) in [5, 5.41) is 12.0. The second-order valence-corrected chi connectivity index (χ2v) is 7.74. The van der Waals surface area contributed by atoms with Crippen LogP contribution in [-0.4, -0.2) is 44.1 Å². The van der Waals surface area contributed by atoms with E-state index in [-0.39, 0.29) is 13.0 Å². The fraction of sp³-hybridized carbons (Fsp3) is 0.280. The van der Waals surface area contributed by atoms with Crippen LogP contribution in [0.3, 0.4) is 0 Å². The molecule has 178 valence electrons. The van der Waals surface area contributed by atoms with Gasteiger partial charge < -0.3 is 19.7 Å². The first-order valence-corrected chi connectivity index (χ1v) is 10.9. The van der Waals surface area contributed by atoms with Crippen LogP contribution in [0.1, 0.15) is 24.5 Å². The first-order valence-electron chi connectivity index (χ1n) is 10.5. The molecule has 0 heterocycles. The second-order valence-electron chi connectivity index (χ2n) is 7.33. The minimum absolute atomic E-state index is 0.106. The first kappa shape index (κ1) is 26.4. The largest absolute Gasteiger partial charge is 0.497 e. The minimum atomic E-state index is -0.967. The number of ether oxygens (including phenoxy) is 2. The summed E-state index contributed by atoms with van der Waals surface area (Å²) in [6, 6.07) is 13.2. The molecule has 0 bridgehead atoms. The molecule has 2 amide bonds. The number of nitriles is 1. The number of halogens is 1. The number of carbonyl (C=O) groups excluding carboxylic acids is 3. The fourth-order valence-corrected chi connectivity index (χ4v) is 3.02. The molecule has 9 heteroatoms. The summed E-state index contributed by atoms with van der Waals surface area (Å²) < 4.78 is 10.2. The summed E-state index contributed by atoms with van der Waals surface area (Å²) in [6.07, 6.45) is 3.00. The van der Waals surface area contributed by atoms with E-state index in [9.17, 15) is 14.4 Å². The zero-order valence-electron chi connectivity index (χ0n) is 19.2. The van der Waals surface area contributed by atoms with Gasteiger partial charge in [0.25, 0.3) is 5.91 Å². The second kappa shape index (κ2) is 13.0. The number of anilines is 1. The van der Waals surface area contributed by atoms with Gasteiger partial charge in [0.15, 0.2) is 6.61 Å². The molecule has 1 N–H and O–H groups in total. The molecule has 2 aromatic rings. The average molecular weight is 484 g/mol. The summed E-state index contributed by atoms with van der Waals surface area (Å²) in [6.45, 7) is 2.86. The van der Waals surface area contributed by atoms with E-state index in [4.69, 9.17) is 26.3 Å². The van der Waals surface area contributed by atoms with Gasteiger partial charge in [0, 0.05) is 23.3 Å². The predicted molar refractivity (Wildman–Crippen MR) is 129 cm³/mol. The van der Waals surface area contributed by atoms with Gasteiger partial charge in [0.1, 0.15) is 11.8 Å². The van der Waals surface area contributed by atoms with Crippen LogP contribution in [0.15, 0.2) is 48.5 Å². The quantitative estimate of drug-likeness (QED) is 0.408. The lowest BCUT2D eigenvalue weighted by molar-refractivity contribution is -0.150. The molecule has 8 nitrogen and oxygen atoms in total. The monoisotopic (exact) mass is 483 g/mol. The van der Waals surface area contributed by atoms with Crippen molar-refractivity contribution in [2.75, 3.05) is 25.2 Å². The van der Waals surface area contributed by atoms with Gasteiger partial charge in [0.05, 0.1) is 19.6 Å². The zero-order valence-corrected chi connectivity index (χ0v) is 20.0. The number of hydrogen-bond donors (Lipinski definition) is 1. The summed E-state index contributed by atoms with van der Waals surface area (Å²) in [7, 11) is 1.56. The molecular weight excluding hydrogens is 458 g/mol. The van der Waals surface area contributed by atoms with Crippen LogP contribution in [0.4, 0.5) is 5.69 Å². The van der Waals surface area contributed by atoms with Crippen molar-refractivity contribution in [2.24, 2.45) is 0 Å². The molecule has 0 saturated heterocycles. The van der Waals surface area contributed by atoms with E-state index in [1.807, 2.05) is 6.07 Å². The summed E-state index contributed by atoms with van der Waals surface area (Å²) in [5.74, 6) is -1.04. The van der Waals surface area contributed by atoms with Gasteiger partial charge >= 0.3 is 5.97 Å². The van der Waals surface area contributed by atoms with Crippen molar-refractivity contribution in [3.05, 3.63) is 64.7 Å². The highest BCUT2D eigenvalue weighted by molar-refractivity contribution is 6.31. The predicted octanol–water partition coefficient (Wildman–Crippen LogP) is 3.67. The van der Waals surface area contributed by atoms with Crippen molar-refractivity contribution in [2.45, 2.75) is 26.3 Å². The van der Waals surface area contributed by atoms with Gasteiger partial charge in [0.2, 0.25) is 5.91 Å². The maximum absolute atomic E-state index is 12.7. The van der Waals surface area contributed by atoms with Gasteiger partial charge in [-0.2, -0.15) is 5.26 Å². The highest BCUT2D eigenvalue weighted by Gasteiger charge is 2.21. The molecule has 0 radical (unpaired) electrons. The van der Waals surface area contributed by atoms with Crippen molar-refractivity contribution >= 4 is 41.1 Å². The number of nitrogens with one attached hydrogen (secondary N) is 1. The van der Waals surface area contributed by atoms with E-state index in [0.29, 0.717) is 16.5 Å². The number of hydrogen-bond acceptors (Lipinski definition) is 6. The minimum Gasteiger partial charge on any atom is -0.497 e. The molecule has 0 aliphatic rings. The zero-order chi connectivity index (χ0) is 25.1. The van der Waals surface area contributed by atoms with Gasteiger partial charge in [-0.05, 0) is 61.4 Å². The number of carbonyl (C=O) groups is 3. The molecule has 2 aromatic carbocycles. The molecule has 0 unspecified atom stereocenters. The van der Waals surface area contributed by atoms with Crippen LogP contribution in [0.5, 0.6) is 5.75 Å². The Morgan fingerprint density at radius 2 is 1.91 bits per heavy atom. The summed E-state index contributed by atoms with van der Waals surface area (Å²) in [5.41, 5.74) is 2.10. The highest BCUT2D eigenvalue weighted by Crippen LogP contribution is 2.23. The van der Waals surface area contributed by atoms with Crippen molar-refractivity contribution < 1.29 is 23.9 Å². The third-order valence-electron chi connectivity index (χ3n) is 4.79. The lowest BCUT2D eigenvalue weighted by atomic mass is 10.2. The Morgan fingerprint density at radius 3 is 2.53 bits per heavy atom. The molecule has 0 aliphatic carbocycles. The van der Waals surface area contributed by atoms with E-state index < -0.39 is 30.4 Å². The Morgan fingerprint density at radius 1 is 1.21 bits per heavy atom. The standard InChI is InChI=1S/C25H26ClN3O5/c1-17-15-20(8-11-22(17)26)29(14-4-13-27)24(31)16-34-25(32)18(2)28-23(30)12-7-19-5-9-21(33-3)10-6-19/h5-12,15,18H,4,14,16H2,1-3H3,(H,28,30)/b12-7+/t18-/m0/s1. The number of aryl methyl sites for hydroxylation is 1. The summed E-state index contributed by atoms with van der Waals surface area (Å²) in [4.78, 5) is 38.5. The number of nitrogens with zero attached hydrogens (tertiary/aromatic N) is 2. The molecule has 0 aliphatic heterocycles. The molecule has 0 aromatic heterocycles. The molecule has 2 rings (SSSR count). The summed E-state index contributed by atoms with van der Waals surface area (Å²) >= 11 is 6.05. The van der Waals surface area contributed by atoms with Crippen LogP contribution in [0, 0.1) is 18.3 Å². The smallest absolute Gasteiger partial charge is 0.328 e. The van der Waals surface area contributed by atoms with E-state index in [0.717, 1.165) is 11.1 Å². The topological polar surface area (TPSA) is 109 Å². The van der Waals surface area contributed by atoms with Gasteiger partial charge in [-0.25, -0.2) is 4.79 Å². The number of amides is 2. The van der Waals surface area contributed by atoms with E-state index >= 15 is 0 Å².